The molecule has 0 bridgehead atoms. The van der Waals surface area contributed by atoms with Crippen LogP contribution in [0.15, 0.2) is 59.7 Å². The first-order valence-corrected chi connectivity index (χ1v) is 11.1. The Bertz CT molecular complexity index is 1180. The van der Waals surface area contributed by atoms with Crippen molar-refractivity contribution in [1.29, 1.82) is 0 Å². The van der Waals surface area contributed by atoms with Gasteiger partial charge < -0.3 is 4.98 Å². The van der Waals surface area contributed by atoms with E-state index in [4.69, 9.17) is 11.6 Å². The van der Waals surface area contributed by atoms with Crippen LogP contribution in [0.3, 0.4) is 0 Å². The molecule has 1 aromatic carbocycles. The molecule has 0 radical (unpaired) electrons. The standard InChI is InChI=1S/C23H19ClN4OS/c24-17-4-1-3-16(10-17)23(7-2-8-23)21-12-26-22(28-21)18-6-5-15(11-25-18)9-20(29)19-13-30-14-27-19/h1,3-6,10-14H,2,7-9H2,(H,26,28). The van der Waals surface area contributed by atoms with Crippen LogP contribution >= 0.6 is 22.9 Å². The average Bonchev–Trinajstić information content (AvgIpc) is 3.41. The summed E-state index contributed by atoms with van der Waals surface area (Å²) in [6, 6.07) is 11.9. The van der Waals surface area contributed by atoms with Crippen LogP contribution in [-0.2, 0) is 11.8 Å². The van der Waals surface area contributed by atoms with Crippen molar-refractivity contribution in [3.05, 3.63) is 87.2 Å². The second-order valence-electron chi connectivity index (χ2n) is 7.62. The quantitative estimate of drug-likeness (QED) is 0.408. The number of ketones is 1. The van der Waals surface area contributed by atoms with E-state index in [1.54, 1.807) is 17.1 Å². The number of thiazole rings is 1. The first-order valence-electron chi connectivity index (χ1n) is 9.82. The zero-order valence-corrected chi connectivity index (χ0v) is 17.7. The summed E-state index contributed by atoms with van der Waals surface area (Å²) in [5, 5.41) is 2.52. The second-order valence-corrected chi connectivity index (χ2v) is 8.77. The van der Waals surface area contributed by atoms with Crippen molar-refractivity contribution in [3.8, 4) is 11.5 Å². The molecule has 0 aliphatic heterocycles. The van der Waals surface area contributed by atoms with Gasteiger partial charge >= 0.3 is 0 Å². The van der Waals surface area contributed by atoms with Crippen LogP contribution in [0.2, 0.25) is 5.02 Å². The van der Waals surface area contributed by atoms with Crippen LogP contribution < -0.4 is 0 Å². The summed E-state index contributed by atoms with van der Waals surface area (Å²) in [5.41, 5.74) is 6.05. The van der Waals surface area contributed by atoms with E-state index in [1.165, 1.54) is 23.3 Å². The summed E-state index contributed by atoms with van der Waals surface area (Å²) in [6.45, 7) is 0. The van der Waals surface area contributed by atoms with Crippen LogP contribution in [0.25, 0.3) is 11.5 Å². The molecule has 0 atom stereocenters. The minimum atomic E-state index is -0.0595. The Kier molecular flexibility index (Phi) is 4.97. The molecule has 1 fully saturated rings. The SMILES string of the molecule is O=C(Cc1ccc(-c2ncc(C3(c4cccc(Cl)c4)CCC3)[nH]2)nc1)c1cscn1. The molecular formula is C23H19ClN4OS. The summed E-state index contributed by atoms with van der Waals surface area (Å²) in [6.07, 6.45) is 7.26. The lowest BCUT2D eigenvalue weighted by atomic mass is 9.63. The number of Topliss-reactive ketones (excluding diaryl/α,β-unsaturated/α-hetero) is 1. The smallest absolute Gasteiger partial charge is 0.186 e. The van der Waals surface area contributed by atoms with E-state index >= 15 is 0 Å². The fourth-order valence-electron chi connectivity index (χ4n) is 4.02. The normalized spacial score (nSPS) is 15.0. The summed E-state index contributed by atoms with van der Waals surface area (Å²) in [5.74, 6) is 0.732. The zero-order chi connectivity index (χ0) is 20.6. The van der Waals surface area contributed by atoms with E-state index in [2.05, 4.69) is 26.0 Å². The van der Waals surface area contributed by atoms with Gasteiger partial charge in [-0.05, 0) is 42.2 Å². The highest BCUT2D eigenvalue weighted by Gasteiger charge is 2.42. The van der Waals surface area contributed by atoms with Gasteiger partial charge in [0.05, 0.1) is 5.51 Å². The number of H-pyrrole nitrogens is 1. The fourth-order valence-corrected chi connectivity index (χ4v) is 4.77. The maximum absolute atomic E-state index is 12.2. The van der Waals surface area contributed by atoms with Crippen LogP contribution in [0, 0.1) is 0 Å². The minimum absolute atomic E-state index is 0.000433. The third kappa shape index (κ3) is 3.46. The van der Waals surface area contributed by atoms with Crippen molar-refractivity contribution < 1.29 is 4.79 Å². The van der Waals surface area contributed by atoms with E-state index in [0.29, 0.717) is 5.69 Å². The molecule has 1 saturated carbocycles. The lowest BCUT2D eigenvalue weighted by Crippen LogP contribution is -2.35. The van der Waals surface area contributed by atoms with Gasteiger partial charge in [-0.2, -0.15) is 0 Å². The molecule has 7 heteroatoms. The third-order valence-electron chi connectivity index (χ3n) is 5.83. The number of benzene rings is 1. The molecule has 0 saturated heterocycles. The number of imidazole rings is 1. The molecule has 0 amide bonds. The Morgan fingerprint density at radius 1 is 1.13 bits per heavy atom. The summed E-state index contributed by atoms with van der Waals surface area (Å²) >= 11 is 7.66. The molecule has 0 spiro atoms. The number of aromatic amines is 1. The average molecular weight is 435 g/mol. The van der Waals surface area contributed by atoms with Gasteiger partial charge in [0.15, 0.2) is 11.6 Å². The molecule has 5 nitrogen and oxygen atoms in total. The van der Waals surface area contributed by atoms with E-state index in [1.807, 2.05) is 36.5 Å². The topological polar surface area (TPSA) is 71.5 Å². The van der Waals surface area contributed by atoms with Crippen LogP contribution in [0.4, 0.5) is 0 Å². The van der Waals surface area contributed by atoms with Gasteiger partial charge in [-0.1, -0.05) is 36.2 Å². The van der Waals surface area contributed by atoms with Crippen molar-refractivity contribution in [3.63, 3.8) is 0 Å². The number of halogens is 1. The number of carbonyl (C=O) groups excluding carboxylic acids is 1. The van der Waals surface area contributed by atoms with E-state index in [9.17, 15) is 4.79 Å². The Labute approximate surface area is 183 Å². The summed E-state index contributed by atoms with van der Waals surface area (Å²) in [7, 11) is 0. The molecule has 3 heterocycles. The van der Waals surface area contributed by atoms with Gasteiger partial charge in [-0.25, -0.2) is 9.97 Å². The number of pyridine rings is 1. The molecule has 3 aromatic heterocycles. The number of hydrogen-bond acceptors (Lipinski definition) is 5. The van der Waals surface area contributed by atoms with Crippen molar-refractivity contribution >= 4 is 28.7 Å². The van der Waals surface area contributed by atoms with Crippen LogP contribution in [0.5, 0.6) is 0 Å². The lowest BCUT2D eigenvalue weighted by Gasteiger charge is -2.41. The van der Waals surface area contributed by atoms with E-state index < -0.39 is 0 Å². The van der Waals surface area contributed by atoms with Gasteiger partial charge in [0.1, 0.15) is 11.4 Å². The predicted molar refractivity (Wildman–Crippen MR) is 118 cm³/mol. The molecule has 1 aliphatic carbocycles. The lowest BCUT2D eigenvalue weighted by molar-refractivity contribution is 0.0989. The molecule has 1 aliphatic rings. The van der Waals surface area contributed by atoms with Crippen molar-refractivity contribution in [2.24, 2.45) is 0 Å². The third-order valence-corrected chi connectivity index (χ3v) is 6.65. The number of nitrogens with one attached hydrogen (secondary N) is 1. The number of nitrogens with zero attached hydrogens (tertiary/aromatic N) is 3. The number of aromatic nitrogens is 4. The number of hydrogen-bond donors (Lipinski definition) is 1. The largest absolute Gasteiger partial charge is 0.340 e. The number of rotatable bonds is 6. The highest BCUT2D eigenvalue weighted by atomic mass is 35.5. The van der Waals surface area contributed by atoms with E-state index in [-0.39, 0.29) is 17.6 Å². The van der Waals surface area contributed by atoms with E-state index in [0.717, 1.165) is 40.6 Å². The summed E-state index contributed by atoms with van der Waals surface area (Å²) < 4.78 is 0. The first-order chi connectivity index (χ1) is 14.6. The fraction of sp³-hybridized carbons (Fsp3) is 0.217. The highest BCUT2D eigenvalue weighted by Crippen LogP contribution is 2.49. The van der Waals surface area contributed by atoms with Gasteiger partial charge in [-0.3, -0.25) is 9.78 Å². The molecule has 0 unspecified atom stereocenters. The highest BCUT2D eigenvalue weighted by molar-refractivity contribution is 7.07. The Balaban J connectivity index is 1.37. The monoisotopic (exact) mass is 434 g/mol. The maximum atomic E-state index is 12.2. The van der Waals surface area contributed by atoms with Crippen LogP contribution in [0.1, 0.15) is 46.6 Å². The minimum Gasteiger partial charge on any atom is -0.340 e. The predicted octanol–water partition coefficient (Wildman–Crippen LogP) is 5.48. The first kappa shape index (κ1) is 19.2. The van der Waals surface area contributed by atoms with Gasteiger partial charge in [0.25, 0.3) is 0 Å². The van der Waals surface area contributed by atoms with Crippen molar-refractivity contribution in [1.82, 2.24) is 19.9 Å². The van der Waals surface area contributed by atoms with Gasteiger partial charge in [0, 0.05) is 40.3 Å². The molecule has 4 aromatic rings. The molecule has 150 valence electrons. The maximum Gasteiger partial charge on any atom is 0.186 e. The van der Waals surface area contributed by atoms with Gasteiger partial charge in [-0.15, -0.1) is 11.3 Å². The molecule has 1 N–H and O–H groups in total. The molecule has 5 rings (SSSR count). The van der Waals surface area contributed by atoms with Crippen molar-refractivity contribution in [2.45, 2.75) is 31.1 Å². The van der Waals surface area contributed by atoms with Gasteiger partial charge in [0.2, 0.25) is 0 Å². The Hall–Kier alpha value is -2.83. The second kappa shape index (κ2) is 7.78. The zero-order valence-electron chi connectivity index (χ0n) is 16.1. The molecular weight excluding hydrogens is 416 g/mol. The van der Waals surface area contributed by atoms with Crippen LogP contribution in [-0.4, -0.2) is 25.7 Å². The Morgan fingerprint density at radius 3 is 2.70 bits per heavy atom. The van der Waals surface area contributed by atoms with Crippen molar-refractivity contribution in [2.75, 3.05) is 0 Å². The number of carbonyl (C=O) groups is 1. The summed E-state index contributed by atoms with van der Waals surface area (Å²) in [4.78, 5) is 28.9. The Morgan fingerprint density at radius 2 is 2.03 bits per heavy atom. The molecule has 30 heavy (non-hydrogen) atoms.